The lowest BCUT2D eigenvalue weighted by Crippen LogP contribution is -2.39. The smallest absolute Gasteiger partial charge is 0.120 e. The average Bonchev–Trinajstić information content (AvgIpc) is 2.78. The van der Waals surface area contributed by atoms with Crippen molar-refractivity contribution in [3.05, 3.63) is 24.3 Å². The van der Waals surface area contributed by atoms with Crippen molar-refractivity contribution in [3.8, 4) is 5.75 Å². The third-order valence-corrected chi connectivity index (χ3v) is 7.59. The zero-order valence-electron chi connectivity index (χ0n) is 21.9. The van der Waals surface area contributed by atoms with Gasteiger partial charge in [0.2, 0.25) is 0 Å². The van der Waals surface area contributed by atoms with Crippen molar-refractivity contribution in [2.75, 3.05) is 11.9 Å². The maximum Gasteiger partial charge on any atom is 0.120 e. The van der Waals surface area contributed by atoms with Crippen LogP contribution in [0.4, 0.5) is 5.69 Å². The molecule has 0 spiro atoms. The first-order valence-electron chi connectivity index (χ1n) is 14.0. The molecule has 1 aromatic rings. The van der Waals surface area contributed by atoms with Gasteiger partial charge in [-0.05, 0) is 69.2 Å². The predicted molar refractivity (Wildman–Crippen MR) is 142 cm³/mol. The number of hydrogen-bond donors (Lipinski definition) is 1. The lowest BCUT2D eigenvalue weighted by Gasteiger charge is -2.38. The first kappa shape index (κ1) is 27.1. The average molecular weight is 444 g/mol. The van der Waals surface area contributed by atoms with Crippen molar-refractivity contribution in [2.24, 2.45) is 11.8 Å². The molecule has 1 aliphatic rings. The van der Waals surface area contributed by atoms with Crippen LogP contribution in [-0.4, -0.2) is 12.1 Å². The molecular weight excluding hydrogens is 390 g/mol. The quantitative estimate of drug-likeness (QED) is 0.242. The standard InChI is InChI=1S/C30H53NO/c1-5-6-7-8-9-10-11-12-13-14-15-16-25-31-28-21-23-29(24-22-28)32-30(3,4)27-19-17-26(2)18-20-27/h21-24,26-27,31H,5-20,25H2,1-4H3. The highest BCUT2D eigenvalue weighted by atomic mass is 16.5. The minimum absolute atomic E-state index is 0.0792. The highest BCUT2D eigenvalue weighted by Crippen LogP contribution is 2.37. The van der Waals surface area contributed by atoms with Gasteiger partial charge in [0.05, 0.1) is 0 Å². The molecule has 0 saturated heterocycles. The van der Waals surface area contributed by atoms with Crippen molar-refractivity contribution in [1.82, 2.24) is 0 Å². The number of unbranched alkanes of at least 4 members (excludes halogenated alkanes) is 11. The fraction of sp³-hybridized carbons (Fsp3) is 0.800. The van der Waals surface area contributed by atoms with E-state index in [1.807, 2.05) is 0 Å². The van der Waals surface area contributed by atoms with Crippen molar-refractivity contribution in [3.63, 3.8) is 0 Å². The Hall–Kier alpha value is -1.18. The summed E-state index contributed by atoms with van der Waals surface area (Å²) in [5.74, 6) is 2.56. The van der Waals surface area contributed by atoms with E-state index in [0.29, 0.717) is 5.92 Å². The summed E-state index contributed by atoms with van der Waals surface area (Å²) in [7, 11) is 0. The van der Waals surface area contributed by atoms with Gasteiger partial charge in [-0.15, -0.1) is 0 Å². The van der Waals surface area contributed by atoms with Crippen LogP contribution in [0.3, 0.4) is 0 Å². The van der Waals surface area contributed by atoms with Crippen molar-refractivity contribution < 1.29 is 4.74 Å². The lowest BCUT2D eigenvalue weighted by atomic mass is 9.75. The Balaban J connectivity index is 1.50. The molecule has 1 fully saturated rings. The number of rotatable bonds is 17. The second-order valence-electron chi connectivity index (χ2n) is 11.0. The van der Waals surface area contributed by atoms with E-state index in [2.05, 4.69) is 57.3 Å². The molecule has 1 aliphatic carbocycles. The van der Waals surface area contributed by atoms with Crippen molar-refractivity contribution >= 4 is 5.69 Å². The molecule has 32 heavy (non-hydrogen) atoms. The van der Waals surface area contributed by atoms with Crippen LogP contribution < -0.4 is 10.1 Å². The number of benzene rings is 1. The Bertz CT molecular complexity index is 571. The van der Waals surface area contributed by atoms with E-state index in [0.717, 1.165) is 18.2 Å². The van der Waals surface area contributed by atoms with E-state index < -0.39 is 0 Å². The van der Waals surface area contributed by atoms with Crippen LogP contribution in [0.2, 0.25) is 0 Å². The summed E-state index contributed by atoms with van der Waals surface area (Å²) in [6, 6.07) is 8.62. The van der Waals surface area contributed by atoms with Gasteiger partial charge in [0.15, 0.2) is 0 Å². The molecule has 2 heteroatoms. The van der Waals surface area contributed by atoms with E-state index in [1.165, 1.54) is 108 Å². The summed E-state index contributed by atoms with van der Waals surface area (Å²) >= 11 is 0. The third-order valence-electron chi connectivity index (χ3n) is 7.59. The summed E-state index contributed by atoms with van der Waals surface area (Å²) < 4.78 is 6.43. The molecular formula is C30H53NO. The molecule has 0 aliphatic heterocycles. The van der Waals surface area contributed by atoms with Gasteiger partial charge in [-0.25, -0.2) is 0 Å². The molecule has 2 nitrogen and oxygen atoms in total. The topological polar surface area (TPSA) is 21.3 Å². The summed E-state index contributed by atoms with van der Waals surface area (Å²) in [5, 5.41) is 3.58. The van der Waals surface area contributed by atoms with Crippen LogP contribution >= 0.6 is 0 Å². The lowest BCUT2D eigenvalue weighted by molar-refractivity contribution is 0.0188. The normalized spacial score (nSPS) is 19.1. The fourth-order valence-corrected chi connectivity index (χ4v) is 5.18. The van der Waals surface area contributed by atoms with Gasteiger partial charge in [-0.1, -0.05) is 97.3 Å². The Kier molecular flexibility index (Phi) is 13.2. The highest BCUT2D eigenvalue weighted by Gasteiger charge is 2.34. The summed E-state index contributed by atoms with van der Waals surface area (Å²) in [6.45, 7) is 10.3. The Morgan fingerprint density at radius 2 is 1.25 bits per heavy atom. The van der Waals surface area contributed by atoms with E-state index in [9.17, 15) is 0 Å². The number of ether oxygens (including phenoxy) is 1. The number of hydrogen-bond acceptors (Lipinski definition) is 2. The largest absolute Gasteiger partial charge is 0.488 e. The molecule has 0 aromatic heterocycles. The van der Waals surface area contributed by atoms with Crippen LogP contribution in [0.1, 0.15) is 130 Å². The maximum atomic E-state index is 6.43. The molecule has 1 aromatic carbocycles. The van der Waals surface area contributed by atoms with Crippen LogP contribution in [0.25, 0.3) is 0 Å². The van der Waals surface area contributed by atoms with Gasteiger partial charge in [0.1, 0.15) is 11.4 Å². The van der Waals surface area contributed by atoms with Gasteiger partial charge in [0, 0.05) is 12.2 Å². The van der Waals surface area contributed by atoms with Crippen LogP contribution in [0.5, 0.6) is 5.75 Å². The molecule has 0 heterocycles. The molecule has 0 radical (unpaired) electrons. The molecule has 184 valence electrons. The summed E-state index contributed by atoms with van der Waals surface area (Å²) in [5.41, 5.74) is 1.13. The van der Waals surface area contributed by atoms with Crippen molar-refractivity contribution in [2.45, 2.75) is 136 Å². The number of nitrogens with one attached hydrogen (secondary N) is 1. The first-order chi connectivity index (χ1) is 15.5. The minimum Gasteiger partial charge on any atom is -0.488 e. The number of anilines is 1. The summed E-state index contributed by atoms with van der Waals surface area (Å²) in [6.07, 6.45) is 22.1. The second-order valence-corrected chi connectivity index (χ2v) is 11.0. The molecule has 1 N–H and O–H groups in total. The van der Waals surface area contributed by atoms with Gasteiger partial charge in [0.25, 0.3) is 0 Å². The van der Waals surface area contributed by atoms with Crippen LogP contribution in [0.15, 0.2) is 24.3 Å². The Labute approximate surface area is 200 Å². The van der Waals surface area contributed by atoms with Gasteiger partial charge in [-0.3, -0.25) is 0 Å². The van der Waals surface area contributed by atoms with E-state index in [1.54, 1.807) is 0 Å². The zero-order valence-corrected chi connectivity index (χ0v) is 21.9. The molecule has 0 unspecified atom stereocenters. The molecule has 1 saturated carbocycles. The third kappa shape index (κ3) is 11.1. The van der Waals surface area contributed by atoms with Gasteiger partial charge < -0.3 is 10.1 Å². The van der Waals surface area contributed by atoms with Crippen LogP contribution in [-0.2, 0) is 0 Å². The maximum absolute atomic E-state index is 6.43. The Morgan fingerprint density at radius 3 is 1.78 bits per heavy atom. The zero-order chi connectivity index (χ0) is 23.1. The SMILES string of the molecule is CCCCCCCCCCCCCCNc1ccc(OC(C)(C)C2CCC(C)CC2)cc1. The highest BCUT2D eigenvalue weighted by molar-refractivity contribution is 5.46. The van der Waals surface area contributed by atoms with E-state index >= 15 is 0 Å². The van der Waals surface area contributed by atoms with Gasteiger partial charge >= 0.3 is 0 Å². The minimum atomic E-state index is -0.0792. The fourth-order valence-electron chi connectivity index (χ4n) is 5.18. The monoisotopic (exact) mass is 443 g/mol. The molecule has 0 atom stereocenters. The second kappa shape index (κ2) is 15.6. The molecule has 0 bridgehead atoms. The van der Waals surface area contributed by atoms with Crippen LogP contribution in [0, 0.1) is 11.8 Å². The molecule has 2 rings (SSSR count). The van der Waals surface area contributed by atoms with E-state index in [-0.39, 0.29) is 5.60 Å². The first-order valence-corrected chi connectivity index (χ1v) is 14.0. The molecule has 0 amide bonds. The van der Waals surface area contributed by atoms with Crippen molar-refractivity contribution in [1.29, 1.82) is 0 Å². The summed E-state index contributed by atoms with van der Waals surface area (Å²) in [4.78, 5) is 0. The predicted octanol–water partition coefficient (Wildman–Crippen LogP) is 9.78. The van der Waals surface area contributed by atoms with E-state index in [4.69, 9.17) is 4.74 Å². The van der Waals surface area contributed by atoms with Gasteiger partial charge in [-0.2, -0.15) is 0 Å². The Morgan fingerprint density at radius 1 is 0.750 bits per heavy atom.